The third-order valence-corrected chi connectivity index (χ3v) is 5.31. The Labute approximate surface area is 143 Å². The molecule has 0 radical (unpaired) electrons. The Balaban J connectivity index is 1.82. The van der Waals surface area contributed by atoms with E-state index in [1.807, 2.05) is 0 Å². The van der Waals surface area contributed by atoms with Crippen LogP contribution in [0.4, 0.5) is 0 Å². The molecule has 0 amide bonds. The zero-order valence-electron chi connectivity index (χ0n) is 13.6. The van der Waals surface area contributed by atoms with E-state index >= 15 is 0 Å². The number of rotatable bonds is 3. The monoisotopic (exact) mass is 364 g/mol. The van der Waals surface area contributed by atoms with Crippen LogP contribution in [0.1, 0.15) is 19.8 Å². The van der Waals surface area contributed by atoms with Gasteiger partial charge in [0.05, 0.1) is 30.0 Å². The highest BCUT2D eigenvalue weighted by molar-refractivity contribution is 5.16. The van der Waals surface area contributed by atoms with Crippen LogP contribution in [-0.2, 0) is 14.2 Å². The van der Waals surface area contributed by atoms with E-state index < -0.39 is 60.4 Å². The van der Waals surface area contributed by atoms with E-state index in [2.05, 4.69) is 0 Å². The summed E-state index contributed by atoms with van der Waals surface area (Å²) >= 11 is 0. The van der Waals surface area contributed by atoms with Gasteiger partial charge in [0.2, 0.25) is 12.1 Å². The summed E-state index contributed by atoms with van der Waals surface area (Å²) in [7, 11) is 0. The van der Waals surface area contributed by atoms with Gasteiger partial charge in [-0.3, -0.25) is 0 Å². The third-order valence-electron chi connectivity index (χ3n) is 5.31. The maximum Gasteiger partial charge on any atom is 0.221 e. The molecule has 0 aromatic carbocycles. The molecule has 0 bridgehead atoms. The van der Waals surface area contributed by atoms with E-state index in [4.69, 9.17) is 14.2 Å². The molecule has 144 valence electrons. The Kier molecular flexibility index (Phi) is 4.64. The highest BCUT2D eigenvalue weighted by Crippen LogP contribution is 2.49. The lowest BCUT2D eigenvalue weighted by atomic mass is 9.82. The van der Waals surface area contributed by atoms with Crippen LogP contribution in [0, 0.1) is 5.92 Å². The van der Waals surface area contributed by atoms with Crippen LogP contribution < -0.4 is 0 Å². The number of hydrogen-bond donors (Lipinski definition) is 7. The average molecular weight is 364 g/mol. The molecule has 0 aromatic heterocycles. The number of aliphatic hydroxyl groups is 7. The molecule has 10 heteroatoms. The van der Waals surface area contributed by atoms with Crippen molar-refractivity contribution in [3.05, 3.63) is 12.3 Å². The van der Waals surface area contributed by atoms with Gasteiger partial charge < -0.3 is 50.0 Å². The van der Waals surface area contributed by atoms with Gasteiger partial charge in [-0.25, -0.2) is 0 Å². The summed E-state index contributed by atoms with van der Waals surface area (Å²) in [5, 5.41) is 70.1. The lowest BCUT2D eigenvalue weighted by Crippen LogP contribution is -2.67. The van der Waals surface area contributed by atoms with Crippen molar-refractivity contribution in [1.82, 2.24) is 0 Å². The van der Waals surface area contributed by atoms with Crippen molar-refractivity contribution in [2.75, 3.05) is 6.61 Å². The first-order valence-electron chi connectivity index (χ1n) is 8.03. The van der Waals surface area contributed by atoms with Gasteiger partial charge in [0.15, 0.2) is 6.29 Å². The molecule has 9 atom stereocenters. The molecule has 10 nitrogen and oxygen atoms in total. The molecular formula is C15H24O10. The van der Waals surface area contributed by atoms with Crippen molar-refractivity contribution >= 4 is 0 Å². The smallest absolute Gasteiger partial charge is 0.221 e. The van der Waals surface area contributed by atoms with Crippen molar-refractivity contribution in [1.29, 1.82) is 0 Å². The minimum absolute atomic E-state index is 0.264. The number of fused-ring (bicyclic) bond motifs is 1. The van der Waals surface area contributed by atoms with Crippen molar-refractivity contribution in [2.24, 2.45) is 5.92 Å². The van der Waals surface area contributed by atoms with Crippen LogP contribution in [0.25, 0.3) is 0 Å². The largest absolute Gasteiger partial charge is 0.472 e. The minimum atomic E-state index is -2.55. The standard InChI is InChI=1S/C15H24O10/c1-13(20)2-3-14(21)4-5-23-12(9(13)14)24-11-8(18)7(17)10(19)15(22,6-16)25-11/h4-5,7-12,16-22H,2-3,6H2,1H3. The van der Waals surface area contributed by atoms with Crippen LogP contribution in [-0.4, -0.2) is 90.2 Å². The van der Waals surface area contributed by atoms with Gasteiger partial charge >= 0.3 is 0 Å². The summed E-state index contributed by atoms with van der Waals surface area (Å²) in [6.07, 6.45) is -5.41. The quantitative estimate of drug-likeness (QED) is 0.272. The molecule has 25 heavy (non-hydrogen) atoms. The highest BCUT2D eigenvalue weighted by Gasteiger charge is 2.60. The molecular weight excluding hydrogens is 340 g/mol. The van der Waals surface area contributed by atoms with Crippen LogP contribution in [0.5, 0.6) is 0 Å². The Morgan fingerprint density at radius 1 is 1.08 bits per heavy atom. The molecule has 7 N–H and O–H groups in total. The predicted octanol–water partition coefficient (Wildman–Crippen LogP) is -3.11. The van der Waals surface area contributed by atoms with Crippen LogP contribution in [0.2, 0.25) is 0 Å². The topological polar surface area (TPSA) is 169 Å². The Bertz CT molecular complexity index is 538. The van der Waals surface area contributed by atoms with Gasteiger partial charge in [0.25, 0.3) is 0 Å². The van der Waals surface area contributed by atoms with Gasteiger partial charge in [-0.1, -0.05) is 0 Å². The first-order valence-corrected chi connectivity index (χ1v) is 8.03. The molecule has 3 rings (SSSR count). The molecule has 1 saturated carbocycles. The molecule has 3 aliphatic rings. The molecule has 2 fully saturated rings. The maximum absolute atomic E-state index is 10.7. The summed E-state index contributed by atoms with van der Waals surface area (Å²) in [4.78, 5) is 0. The zero-order chi connectivity index (χ0) is 18.6. The molecule has 1 aliphatic carbocycles. The van der Waals surface area contributed by atoms with Crippen molar-refractivity contribution in [2.45, 2.75) is 67.6 Å². The van der Waals surface area contributed by atoms with Crippen LogP contribution in [0.3, 0.4) is 0 Å². The van der Waals surface area contributed by atoms with Crippen molar-refractivity contribution in [3.8, 4) is 0 Å². The Morgan fingerprint density at radius 2 is 1.76 bits per heavy atom. The maximum atomic E-state index is 10.7. The lowest BCUT2D eigenvalue weighted by Gasteiger charge is -2.47. The van der Waals surface area contributed by atoms with Crippen molar-refractivity contribution in [3.63, 3.8) is 0 Å². The predicted molar refractivity (Wildman–Crippen MR) is 78.3 cm³/mol. The SMILES string of the molecule is CC1(O)CCC2(O)C=COC(OC3OC(O)(CO)C(O)C(O)C3O)C12. The molecule has 1 saturated heterocycles. The van der Waals surface area contributed by atoms with Gasteiger partial charge in [0, 0.05) is 0 Å². The summed E-state index contributed by atoms with van der Waals surface area (Å²) < 4.78 is 15.8. The van der Waals surface area contributed by atoms with E-state index in [9.17, 15) is 35.7 Å². The van der Waals surface area contributed by atoms with Gasteiger partial charge in [0.1, 0.15) is 18.3 Å². The molecule has 2 heterocycles. The summed E-state index contributed by atoms with van der Waals surface area (Å²) in [6, 6.07) is 0. The molecule has 0 aromatic rings. The summed E-state index contributed by atoms with van der Waals surface area (Å²) in [5.41, 5.74) is -2.73. The summed E-state index contributed by atoms with van der Waals surface area (Å²) in [5.74, 6) is -3.48. The first kappa shape index (κ1) is 19.0. The molecule has 9 unspecified atom stereocenters. The van der Waals surface area contributed by atoms with E-state index in [0.29, 0.717) is 0 Å². The average Bonchev–Trinajstić information content (AvgIpc) is 2.81. The highest BCUT2D eigenvalue weighted by atomic mass is 16.8. The van der Waals surface area contributed by atoms with E-state index in [1.165, 1.54) is 19.3 Å². The van der Waals surface area contributed by atoms with E-state index in [1.54, 1.807) is 0 Å². The van der Waals surface area contributed by atoms with Crippen LogP contribution in [0.15, 0.2) is 12.3 Å². The second-order valence-corrected chi connectivity index (χ2v) is 7.18. The first-order chi connectivity index (χ1) is 11.5. The fourth-order valence-corrected chi connectivity index (χ4v) is 3.77. The van der Waals surface area contributed by atoms with Gasteiger partial charge in [-0.05, 0) is 25.8 Å². The Hall–Kier alpha value is -0.820. The molecule has 2 aliphatic heterocycles. The third kappa shape index (κ3) is 2.97. The fourth-order valence-electron chi connectivity index (χ4n) is 3.77. The number of hydrogen-bond acceptors (Lipinski definition) is 10. The zero-order valence-corrected chi connectivity index (χ0v) is 13.6. The van der Waals surface area contributed by atoms with Gasteiger partial charge in [-0.2, -0.15) is 0 Å². The number of ether oxygens (including phenoxy) is 3. The Morgan fingerprint density at radius 3 is 2.40 bits per heavy atom. The lowest BCUT2D eigenvalue weighted by molar-refractivity contribution is -0.419. The second kappa shape index (κ2) is 6.12. The van der Waals surface area contributed by atoms with Gasteiger partial charge in [-0.15, -0.1) is 0 Å². The number of aliphatic hydroxyl groups excluding tert-OH is 4. The van der Waals surface area contributed by atoms with E-state index in [-0.39, 0.29) is 12.8 Å². The van der Waals surface area contributed by atoms with Crippen LogP contribution >= 0.6 is 0 Å². The minimum Gasteiger partial charge on any atom is -0.472 e. The molecule has 0 spiro atoms. The second-order valence-electron chi connectivity index (χ2n) is 7.18. The fraction of sp³-hybridized carbons (Fsp3) is 0.867. The normalized spacial score (nSPS) is 55.7. The van der Waals surface area contributed by atoms with E-state index in [0.717, 1.165) is 0 Å². The summed E-state index contributed by atoms with van der Waals surface area (Å²) in [6.45, 7) is 0.448. The van der Waals surface area contributed by atoms with Crippen molar-refractivity contribution < 1.29 is 50.0 Å².